The summed E-state index contributed by atoms with van der Waals surface area (Å²) < 4.78 is 24.8. The Morgan fingerprint density at radius 2 is 2.00 bits per heavy atom. The Labute approximate surface area is 116 Å². The number of carbonyl (C=O) groups is 2. The first kappa shape index (κ1) is 14.5. The van der Waals surface area contributed by atoms with Gasteiger partial charge >= 0.3 is 5.97 Å². The van der Waals surface area contributed by atoms with E-state index in [2.05, 4.69) is 0 Å². The minimum absolute atomic E-state index is 0.208. The van der Waals surface area contributed by atoms with Crippen molar-refractivity contribution in [3.8, 4) is 5.75 Å². The highest BCUT2D eigenvalue weighted by atomic mass is 19.1. The summed E-state index contributed by atoms with van der Waals surface area (Å²) in [7, 11) is 1.48. The maximum atomic E-state index is 14.8. The van der Waals surface area contributed by atoms with Crippen molar-refractivity contribution in [2.24, 2.45) is 0 Å². The second kappa shape index (κ2) is 4.58. The third kappa shape index (κ3) is 2.40. The summed E-state index contributed by atoms with van der Waals surface area (Å²) in [6, 6.07) is 4.61. The van der Waals surface area contributed by atoms with Crippen LogP contribution in [0.15, 0.2) is 18.2 Å². The van der Waals surface area contributed by atoms with Crippen LogP contribution in [0.3, 0.4) is 0 Å². The van der Waals surface area contributed by atoms with Crippen molar-refractivity contribution in [3.63, 3.8) is 0 Å². The van der Waals surface area contributed by atoms with Gasteiger partial charge in [-0.05, 0) is 44.5 Å². The van der Waals surface area contributed by atoms with Gasteiger partial charge in [0, 0.05) is 12.0 Å². The standard InChI is InChI=1S/C15H17FO4/c1-14(2,3)20-13(18)15(16)8-9-7-10(19-4)5-6-11(9)12(15)17/h5-7H,8H2,1-4H3. The molecule has 0 spiro atoms. The number of alkyl halides is 1. The van der Waals surface area contributed by atoms with E-state index in [0.29, 0.717) is 11.3 Å². The van der Waals surface area contributed by atoms with Gasteiger partial charge in [0.05, 0.1) is 7.11 Å². The maximum Gasteiger partial charge on any atom is 0.353 e. The molecule has 5 heteroatoms. The lowest BCUT2D eigenvalue weighted by atomic mass is 10.0. The van der Waals surface area contributed by atoms with Crippen molar-refractivity contribution in [1.29, 1.82) is 0 Å². The molecule has 0 amide bonds. The Kier molecular flexibility index (Phi) is 3.32. The van der Waals surface area contributed by atoms with E-state index < -0.39 is 23.0 Å². The lowest BCUT2D eigenvalue weighted by molar-refractivity contribution is -0.165. The number of rotatable bonds is 2. The van der Waals surface area contributed by atoms with E-state index in [1.807, 2.05) is 0 Å². The zero-order valence-corrected chi connectivity index (χ0v) is 12.0. The van der Waals surface area contributed by atoms with E-state index in [0.717, 1.165) is 0 Å². The molecule has 0 saturated carbocycles. The summed E-state index contributed by atoms with van der Waals surface area (Å²) in [6.45, 7) is 4.89. The number of halogens is 1. The van der Waals surface area contributed by atoms with Crippen LogP contribution in [0, 0.1) is 0 Å². The summed E-state index contributed by atoms with van der Waals surface area (Å²) in [6.07, 6.45) is -0.312. The largest absolute Gasteiger partial charge is 0.497 e. The lowest BCUT2D eigenvalue weighted by Crippen LogP contribution is -2.44. The fourth-order valence-corrected chi connectivity index (χ4v) is 2.14. The van der Waals surface area contributed by atoms with E-state index in [4.69, 9.17) is 9.47 Å². The molecule has 20 heavy (non-hydrogen) atoms. The molecule has 2 rings (SSSR count). The van der Waals surface area contributed by atoms with Crippen LogP contribution in [0.4, 0.5) is 4.39 Å². The Morgan fingerprint density at radius 1 is 1.35 bits per heavy atom. The topological polar surface area (TPSA) is 52.6 Å². The fraction of sp³-hybridized carbons (Fsp3) is 0.467. The molecule has 0 fully saturated rings. The predicted molar refractivity (Wildman–Crippen MR) is 70.7 cm³/mol. The SMILES string of the molecule is COc1ccc2c(c1)CC(F)(C(=O)OC(C)(C)C)C2=O. The third-order valence-corrected chi connectivity index (χ3v) is 3.07. The van der Waals surface area contributed by atoms with Crippen LogP contribution in [-0.4, -0.2) is 30.1 Å². The van der Waals surface area contributed by atoms with Gasteiger partial charge in [0.15, 0.2) is 0 Å². The van der Waals surface area contributed by atoms with Gasteiger partial charge in [-0.15, -0.1) is 0 Å². The second-order valence-corrected chi connectivity index (χ2v) is 5.83. The highest BCUT2D eigenvalue weighted by molar-refractivity contribution is 6.19. The molecule has 0 saturated heterocycles. The molecule has 0 aromatic heterocycles. The van der Waals surface area contributed by atoms with Crippen molar-refractivity contribution in [3.05, 3.63) is 29.3 Å². The number of carbonyl (C=O) groups excluding carboxylic acids is 2. The molecular formula is C15H17FO4. The van der Waals surface area contributed by atoms with E-state index >= 15 is 0 Å². The van der Waals surface area contributed by atoms with Crippen molar-refractivity contribution >= 4 is 11.8 Å². The van der Waals surface area contributed by atoms with Crippen LogP contribution in [0.1, 0.15) is 36.7 Å². The van der Waals surface area contributed by atoms with Gasteiger partial charge in [0.2, 0.25) is 5.78 Å². The number of esters is 1. The monoisotopic (exact) mass is 280 g/mol. The van der Waals surface area contributed by atoms with Gasteiger partial charge in [-0.3, -0.25) is 4.79 Å². The summed E-state index contributed by atoms with van der Waals surface area (Å²) >= 11 is 0. The molecule has 1 atom stereocenters. The van der Waals surface area contributed by atoms with Crippen LogP contribution < -0.4 is 4.74 Å². The maximum absolute atomic E-state index is 14.8. The Hall–Kier alpha value is -1.91. The van der Waals surface area contributed by atoms with Crippen LogP contribution in [0.2, 0.25) is 0 Å². The highest BCUT2D eigenvalue weighted by Gasteiger charge is 2.54. The normalized spacial score (nSPS) is 21.6. The number of benzene rings is 1. The van der Waals surface area contributed by atoms with Gasteiger partial charge in [-0.25, -0.2) is 9.18 Å². The summed E-state index contributed by atoms with van der Waals surface area (Å²) in [4.78, 5) is 24.1. The minimum Gasteiger partial charge on any atom is -0.497 e. The number of ether oxygens (including phenoxy) is 2. The van der Waals surface area contributed by atoms with Gasteiger partial charge < -0.3 is 9.47 Å². The zero-order valence-electron chi connectivity index (χ0n) is 12.0. The Balaban J connectivity index is 2.33. The van der Waals surface area contributed by atoms with Gasteiger partial charge in [-0.2, -0.15) is 0 Å². The van der Waals surface area contributed by atoms with Gasteiger partial charge in [-0.1, -0.05) is 0 Å². The summed E-state index contributed by atoms with van der Waals surface area (Å²) in [5.74, 6) is -1.46. The average molecular weight is 280 g/mol. The van der Waals surface area contributed by atoms with Crippen molar-refractivity contribution in [2.75, 3.05) is 7.11 Å². The van der Waals surface area contributed by atoms with Gasteiger partial charge in [0.1, 0.15) is 11.4 Å². The Morgan fingerprint density at radius 3 is 2.55 bits per heavy atom. The van der Waals surface area contributed by atoms with Crippen molar-refractivity contribution in [2.45, 2.75) is 38.5 Å². The molecule has 1 aliphatic rings. The van der Waals surface area contributed by atoms with Crippen molar-refractivity contribution < 1.29 is 23.5 Å². The number of hydrogen-bond donors (Lipinski definition) is 0. The smallest absolute Gasteiger partial charge is 0.353 e. The molecule has 4 nitrogen and oxygen atoms in total. The molecule has 0 aliphatic heterocycles. The first-order chi connectivity index (χ1) is 9.17. The van der Waals surface area contributed by atoms with E-state index in [1.54, 1.807) is 32.9 Å². The molecule has 1 aliphatic carbocycles. The first-order valence-electron chi connectivity index (χ1n) is 6.31. The molecular weight excluding hydrogens is 263 g/mol. The van der Waals surface area contributed by atoms with E-state index in [-0.39, 0.29) is 12.0 Å². The van der Waals surface area contributed by atoms with Crippen LogP contribution in [-0.2, 0) is 16.0 Å². The van der Waals surface area contributed by atoms with Crippen LogP contribution >= 0.6 is 0 Å². The zero-order chi connectivity index (χ0) is 15.1. The highest BCUT2D eigenvalue weighted by Crippen LogP contribution is 2.36. The van der Waals surface area contributed by atoms with Gasteiger partial charge in [0.25, 0.3) is 5.67 Å². The number of hydrogen-bond acceptors (Lipinski definition) is 4. The Bertz CT molecular complexity index is 574. The molecule has 1 unspecified atom stereocenters. The first-order valence-corrected chi connectivity index (χ1v) is 6.31. The quantitative estimate of drug-likeness (QED) is 0.617. The molecule has 0 radical (unpaired) electrons. The predicted octanol–water partition coefficient (Wildman–Crippen LogP) is 2.48. The molecule has 108 valence electrons. The lowest BCUT2D eigenvalue weighted by Gasteiger charge is -2.24. The van der Waals surface area contributed by atoms with Crippen LogP contribution in [0.5, 0.6) is 5.75 Å². The third-order valence-electron chi connectivity index (χ3n) is 3.07. The summed E-state index contributed by atoms with van der Waals surface area (Å²) in [5, 5.41) is 0. The minimum atomic E-state index is -2.64. The molecule has 0 N–H and O–H groups in total. The molecule has 1 aromatic rings. The number of methoxy groups -OCH3 is 1. The van der Waals surface area contributed by atoms with E-state index in [9.17, 15) is 14.0 Å². The average Bonchev–Trinajstić information content (AvgIpc) is 2.60. The molecule has 0 heterocycles. The summed E-state index contributed by atoms with van der Waals surface area (Å²) in [5.41, 5.74) is -2.81. The second-order valence-electron chi connectivity index (χ2n) is 5.83. The van der Waals surface area contributed by atoms with Crippen molar-refractivity contribution in [1.82, 2.24) is 0 Å². The fourth-order valence-electron chi connectivity index (χ4n) is 2.14. The number of fused-ring (bicyclic) bond motifs is 1. The van der Waals surface area contributed by atoms with E-state index in [1.165, 1.54) is 13.2 Å². The van der Waals surface area contributed by atoms with Crippen LogP contribution in [0.25, 0.3) is 0 Å². The molecule has 1 aromatic carbocycles. The molecule has 0 bridgehead atoms. The number of ketones is 1. The number of Topliss-reactive ketones (excluding diaryl/α,β-unsaturated/α-hetero) is 1.